The normalized spacial score (nSPS) is 11.6. The van der Waals surface area contributed by atoms with Crippen LogP contribution in [0.15, 0.2) is 73.1 Å². The molecule has 0 spiro atoms. The van der Waals surface area contributed by atoms with Crippen LogP contribution < -0.4 is 5.32 Å². The largest absolute Gasteiger partial charge is 0.444 e. The van der Waals surface area contributed by atoms with E-state index >= 15 is 0 Å². The number of hydrogen-bond acceptors (Lipinski definition) is 6. The van der Waals surface area contributed by atoms with Crippen LogP contribution in [0.4, 0.5) is 15.3 Å². The molecule has 3 amide bonds. The molecular formula is C36H44N8O3. The first kappa shape index (κ1) is 33.2. The molecule has 0 bridgehead atoms. The van der Waals surface area contributed by atoms with Crippen molar-refractivity contribution >= 4 is 28.8 Å². The van der Waals surface area contributed by atoms with Gasteiger partial charge in [-0.2, -0.15) is 5.10 Å². The number of carbonyl (C=O) groups is 2. The highest BCUT2D eigenvalue weighted by molar-refractivity contribution is 5.99. The molecule has 0 aliphatic heterocycles. The Labute approximate surface area is 276 Å². The summed E-state index contributed by atoms with van der Waals surface area (Å²) in [7, 11) is 9.25. The SMILES string of the molecule is CN(C)Cc1cccc(-c2cc3c(-c4cn(CCN(C)C(=O)OC(C)(C)C)nc4-c4ccc(NC(=O)N(C)C)cc4)ccnc3[nH]2)c1. The second-order valence-electron chi connectivity index (χ2n) is 13.2. The summed E-state index contributed by atoms with van der Waals surface area (Å²) < 4.78 is 7.39. The fraction of sp³-hybridized carbons (Fsp3) is 0.333. The lowest BCUT2D eigenvalue weighted by Gasteiger charge is -2.24. The number of fused-ring (bicyclic) bond motifs is 1. The molecule has 0 saturated carbocycles. The van der Waals surface area contributed by atoms with Crippen molar-refractivity contribution in [3.63, 3.8) is 0 Å². The Morgan fingerprint density at radius 1 is 0.936 bits per heavy atom. The predicted octanol–water partition coefficient (Wildman–Crippen LogP) is 6.78. The topological polar surface area (TPSA) is 112 Å². The van der Waals surface area contributed by atoms with Crippen LogP contribution in [0.3, 0.4) is 0 Å². The van der Waals surface area contributed by atoms with Crippen molar-refractivity contribution in [3.8, 4) is 33.6 Å². The molecule has 0 saturated heterocycles. The zero-order valence-corrected chi connectivity index (χ0v) is 28.5. The van der Waals surface area contributed by atoms with Crippen LogP contribution in [-0.2, 0) is 17.8 Å². The summed E-state index contributed by atoms with van der Waals surface area (Å²) in [6.07, 6.45) is 3.43. The van der Waals surface area contributed by atoms with E-state index in [-0.39, 0.29) is 12.1 Å². The molecule has 0 radical (unpaired) electrons. The quantitative estimate of drug-likeness (QED) is 0.185. The van der Waals surface area contributed by atoms with Crippen molar-refractivity contribution in [3.05, 3.63) is 78.6 Å². The molecule has 11 heteroatoms. The maximum Gasteiger partial charge on any atom is 0.410 e. The summed E-state index contributed by atoms with van der Waals surface area (Å²) in [4.78, 5) is 38.2. The van der Waals surface area contributed by atoms with Gasteiger partial charge in [0.1, 0.15) is 16.9 Å². The van der Waals surface area contributed by atoms with Gasteiger partial charge in [-0.05, 0) is 81.9 Å². The second kappa shape index (κ2) is 13.7. The molecule has 0 atom stereocenters. The Morgan fingerprint density at radius 3 is 2.36 bits per heavy atom. The molecule has 2 N–H and O–H groups in total. The lowest BCUT2D eigenvalue weighted by Crippen LogP contribution is -2.36. The number of likely N-dealkylation sites (N-methyl/N-ethyl adjacent to an activating group) is 1. The van der Waals surface area contributed by atoms with Crippen molar-refractivity contribution in [2.45, 2.75) is 39.5 Å². The zero-order valence-electron chi connectivity index (χ0n) is 28.5. The molecule has 47 heavy (non-hydrogen) atoms. The number of amides is 3. The van der Waals surface area contributed by atoms with Gasteiger partial charge in [0.25, 0.3) is 0 Å². The van der Waals surface area contributed by atoms with Crippen LogP contribution in [0.1, 0.15) is 26.3 Å². The van der Waals surface area contributed by atoms with E-state index < -0.39 is 5.60 Å². The number of H-pyrrole nitrogens is 1. The van der Waals surface area contributed by atoms with Crippen molar-refractivity contribution in [1.29, 1.82) is 0 Å². The Kier molecular flexibility index (Phi) is 9.67. The fourth-order valence-corrected chi connectivity index (χ4v) is 5.20. The number of pyridine rings is 1. The van der Waals surface area contributed by atoms with Crippen molar-refractivity contribution in [2.24, 2.45) is 0 Å². The summed E-state index contributed by atoms with van der Waals surface area (Å²) in [5.74, 6) is 0. The highest BCUT2D eigenvalue weighted by Gasteiger charge is 2.21. The molecule has 5 aromatic rings. The summed E-state index contributed by atoms with van der Waals surface area (Å²) >= 11 is 0. The van der Waals surface area contributed by atoms with Gasteiger partial charge in [0, 0.05) is 74.5 Å². The van der Waals surface area contributed by atoms with Crippen LogP contribution in [-0.4, -0.2) is 94.0 Å². The Hall–Kier alpha value is -5.16. The van der Waals surface area contributed by atoms with Crippen LogP contribution in [0.25, 0.3) is 44.7 Å². The molecule has 3 aromatic heterocycles. The average molecular weight is 637 g/mol. The minimum atomic E-state index is -0.578. The van der Waals surface area contributed by atoms with Gasteiger partial charge in [-0.3, -0.25) is 4.68 Å². The summed E-state index contributed by atoms with van der Waals surface area (Å²) in [6.45, 7) is 7.28. The lowest BCUT2D eigenvalue weighted by molar-refractivity contribution is 0.0292. The highest BCUT2D eigenvalue weighted by atomic mass is 16.6. The number of hydrogen-bond donors (Lipinski definition) is 2. The first-order valence-electron chi connectivity index (χ1n) is 15.6. The van der Waals surface area contributed by atoms with Gasteiger partial charge in [-0.25, -0.2) is 14.6 Å². The summed E-state index contributed by atoms with van der Waals surface area (Å²) in [5, 5.41) is 8.86. The lowest BCUT2D eigenvalue weighted by atomic mass is 9.99. The Morgan fingerprint density at radius 2 is 1.68 bits per heavy atom. The van der Waals surface area contributed by atoms with Crippen LogP contribution in [0.2, 0.25) is 0 Å². The number of urea groups is 1. The van der Waals surface area contributed by atoms with E-state index in [4.69, 9.17) is 9.84 Å². The van der Waals surface area contributed by atoms with Gasteiger partial charge in [0.15, 0.2) is 0 Å². The molecule has 0 fully saturated rings. The number of carbonyl (C=O) groups excluding carboxylic acids is 2. The minimum absolute atomic E-state index is 0.202. The monoisotopic (exact) mass is 636 g/mol. The van der Waals surface area contributed by atoms with Gasteiger partial charge in [0.05, 0.1) is 6.54 Å². The van der Waals surface area contributed by atoms with Crippen molar-refractivity contribution in [2.75, 3.05) is 47.1 Å². The first-order valence-corrected chi connectivity index (χ1v) is 15.6. The summed E-state index contributed by atoms with van der Waals surface area (Å²) in [6, 6.07) is 20.1. The fourth-order valence-electron chi connectivity index (χ4n) is 5.20. The van der Waals surface area contributed by atoms with Crippen molar-refractivity contribution in [1.82, 2.24) is 34.4 Å². The molecular weight excluding hydrogens is 592 g/mol. The van der Waals surface area contributed by atoms with E-state index in [0.29, 0.717) is 18.8 Å². The molecule has 246 valence electrons. The van der Waals surface area contributed by atoms with Crippen LogP contribution in [0, 0.1) is 0 Å². The van der Waals surface area contributed by atoms with E-state index in [9.17, 15) is 9.59 Å². The Balaban J connectivity index is 1.52. The smallest absolute Gasteiger partial charge is 0.410 e. The summed E-state index contributed by atoms with van der Waals surface area (Å²) in [5.41, 5.74) is 7.75. The molecule has 5 rings (SSSR count). The number of aromatic amines is 1. The van der Waals surface area contributed by atoms with Crippen LogP contribution in [0.5, 0.6) is 0 Å². The molecule has 0 aliphatic rings. The molecule has 3 heterocycles. The number of nitrogens with zero attached hydrogens (tertiary/aromatic N) is 6. The maximum absolute atomic E-state index is 12.6. The number of anilines is 1. The van der Waals surface area contributed by atoms with E-state index in [2.05, 4.69) is 64.6 Å². The molecule has 2 aromatic carbocycles. The number of benzene rings is 2. The van der Waals surface area contributed by atoms with E-state index in [1.165, 1.54) is 10.5 Å². The maximum atomic E-state index is 12.6. The Bertz CT molecular complexity index is 1870. The predicted molar refractivity (Wildman–Crippen MR) is 187 cm³/mol. The third kappa shape index (κ3) is 8.17. The van der Waals surface area contributed by atoms with Crippen molar-refractivity contribution < 1.29 is 14.3 Å². The van der Waals surface area contributed by atoms with E-state index in [1.807, 2.05) is 62.0 Å². The van der Waals surface area contributed by atoms with Crippen LogP contribution >= 0.6 is 0 Å². The molecule has 0 aliphatic carbocycles. The van der Waals surface area contributed by atoms with Gasteiger partial charge in [-0.15, -0.1) is 0 Å². The highest BCUT2D eigenvalue weighted by Crippen LogP contribution is 2.37. The number of rotatable bonds is 9. The first-order chi connectivity index (χ1) is 22.3. The number of ether oxygens (including phenoxy) is 1. The van der Waals surface area contributed by atoms with E-state index in [1.54, 1.807) is 32.2 Å². The third-order valence-corrected chi connectivity index (χ3v) is 7.51. The zero-order chi connectivity index (χ0) is 33.9. The standard InChI is InChI=1S/C36H44N8O3/c1-36(2,3)47-35(46)43(8)18-19-44-23-30(32(40-44)25-12-14-27(15-13-25)38-34(45)42(6)7)28-16-17-37-33-29(28)21-31(39-33)26-11-9-10-24(20-26)22-41(4)5/h9-17,20-21,23H,18-19,22H2,1-8H3,(H,37,39)(H,38,45). The number of aromatic nitrogens is 4. The average Bonchev–Trinajstić information content (AvgIpc) is 3.64. The minimum Gasteiger partial charge on any atom is -0.444 e. The van der Waals surface area contributed by atoms with E-state index in [0.717, 1.165) is 51.2 Å². The second-order valence-corrected chi connectivity index (χ2v) is 13.2. The number of nitrogens with one attached hydrogen (secondary N) is 2. The van der Waals surface area contributed by atoms with Gasteiger partial charge in [-0.1, -0.05) is 30.3 Å². The third-order valence-electron chi connectivity index (χ3n) is 7.51. The molecule has 11 nitrogen and oxygen atoms in total. The van der Waals surface area contributed by atoms with Gasteiger partial charge in [0.2, 0.25) is 0 Å². The molecule has 0 unspecified atom stereocenters. The van der Waals surface area contributed by atoms with Gasteiger partial charge < -0.3 is 29.7 Å². The van der Waals surface area contributed by atoms with Gasteiger partial charge >= 0.3 is 12.1 Å².